The summed E-state index contributed by atoms with van der Waals surface area (Å²) in [5.74, 6) is 6.85. The molecule has 0 amide bonds. The normalized spacial score (nSPS) is 11.3. The van der Waals surface area contributed by atoms with Crippen molar-refractivity contribution in [1.29, 1.82) is 0 Å². The molecule has 0 fully saturated rings. The van der Waals surface area contributed by atoms with Crippen LogP contribution in [0.1, 0.15) is 34.4 Å². The highest BCUT2D eigenvalue weighted by atomic mass is 35.5. The molecule has 0 bridgehead atoms. The van der Waals surface area contributed by atoms with E-state index < -0.39 is 12.2 Å². The Morgan fingerprint density at radius 1 is 0.471 bits per heavy atom. The molecule has 14 aromatic rings. The minimum absolute atomic E-state index is 0.108. The standard InChI is InChI=1S/C11H9ClN4O.C11H9FN4O.2C10H7ClN4O2.C10H8FN5O/c2*12-11-15-9-8(3-4-13-9)10(16-11)14-6-7-2-1-5-17-7;11-10-14-8(7-9(15-10)13-5-17-7)12-4-6-2-1-3-16-6;11-10-14-8(7-9(15-10)17-5-13-7)12-4-6-2-1-3-16-6;11-10-15-8(7-9(16-10)14-5-13-7)12-4-6-2-1-3-17-6/h1-5H,6H2,(H2,13,14,15,16);1-2,4-5H,3,6H2,(H,14,15,16);2*1-3,5H,4H2,(H,12,14,15);1-3,5H,4H2,(H2,12,13,14,15,16). The maximum Gasteiger partial charge on any atom is 0.312 e. The molecule has 28 nitrogen and oxygen atoms in total. The van der Waals surface area contributed by atoms with E-state index in [9.17, 15) is 8.78 Å². The average molecular weight is 1220 g/mol. The first-order valence-corrected chi connectivity index (χ1v) is 26.1. The van der Waals surface area contributed by atoms with E-state index in [-0.39, 0.29) is 15.9 Å². The van der Waals surface area contributed by atoms with E-state index in [0.717, 1.165) is 39.8 Å². The summed E-state index contributed by atoms with van der Waals surface area (Å²) >= 11 is 17.4. The number of aromatic nitrogens is 15. The van der Waals surface area contributed by atoms with Gasteiger partial charge in [-0.25, -0.2) is 19.9 Å². The number of anilines is 5. The number of hydrogen-bond acceptors (Lipinski definition) is 26. The fraction of sp³-hybridized carbons (Fsp3) is 0.115. The molecular formula is C52H40Cl3F2N21O7. The SMILES string of the molecule is Clc1nc(NCc2ccco2)c2cc[nH]c2n1.Clc1nc(NCc2ccco2)c2ncoc2n1.Clc1nc(NCc2ccco2)c2ocnc2n1.Fc1nc(NCc2ccco2)c2[nH]cnc2n1.Fc1nc2c(c(NCc3ccco3)n1)CC=N2. The van der Waals surface area contributed by atoms with Crippen LogP contribution < -0.4 is 26.6 Å². The topological polar surface area (TPSA) is 364 Å². The minimum Gasteiger partial charge on any atom is -0.467 e. The van der Waals surface area contributed by atoms with Gasteiger partial charge in [0.05, 0.1) is 75.8 Å². The first kappa shape index (κ1) is 56.0. The van der Waals surface area contributed by atoms with Crippen LogP contribution in [0.2, 0.25) is 15.9 Å². The number of rotatable bonds is 15. The highest BCUT2D eigenvalue weighted by Gasteiger charge is 2.18. The smallest absolute Gasteiger partial charge is 0.312 e. The molecule has 15 heterocycles. The quantitative estimate of drug-likeness (QED) is 0.0469. The van der Waals surface area contributed by atoms with Crippen LogP contribution in [0.3, 0.4) is 0 Å². The van der Waals surface area contributed by atoms with Crippen molar-refractivity contribution in [3.8, 4) is 0 Å². The first-order chi connectivity index (χ1) is 41.6. The van der Waals surface area contributed by atoms with Gasteiger partial charge in [0, 0.05) is 24.4 Å². The fourth-order valence-corrected chi connectivity index (χ4v) is 8.22. The molecule has 0 unspecified atom stereocenters. The summed E-state index contributed by atoms with van der Waals surface area (Å²) in [5.41, 5.74) is 4.18. The molecule has 15 rings (SSSR count). The van der Waals surface area contributed by atoms with Crippen LogP contribution in [-0.4, -0.2) is 81.0 Å². The zero-order chi connectivity index (χ0) is 58.3. The van der Waals surface area contributed by atoms with Crippen LogP contribution in [0.25, 0.3) is 44.7 Å². The molecule has 0 saturated carbocycles. The Morgan fingerprint density at radius 3 is 1.64 bits per heavy atom. The number of fused-ring (bicyclic) bond motifs is 5. The van der Waals surface area contributed by atoms with E-state index in [1.165, 1.54) is 19.1 Å². The van der Waals surface area contributed by atoms with Gasteiger partial charge >= 0.3 is 12.2 Å². The number of nitrogens with one attached hydrogen (secondary N) is 7. The molecule has 0 radical (unpaired) electrons. The maximum absolute atomic E-state index is 13.1. The van der Waals surface area contributed by atoms with Crippen molar-refractivity contribution in [2.45, 2.75) is 39.1 Å². The molecule has 14 aromatic heterocycles. The molecule has 33 heteroatoms. The number of hydrogen-bond donors (Lipinski definition) is 7. The molecule has 0 spiro atoms. The second kappa shape index (κ2) is 26.8. The Labute approximate surface area is 489 Å². The fourth-order valence-electron chi connectivity index (χ4n) is 7.73. The van der Waals surface area contributed by atoms with Crippen molar-refractivity contribution in [3.63, 3.8) is 0 Å². The van der Waals surface area contributed by atoms with Gasteiger partial charge in [-0.05, 0) is 102 Å². The van der Waals surface area contributed by atoms with E-state index in [1.54, 1.807) is 55.9 Å². The zero-order valence-corrected chi connectivity index (χ0v) is 45.6. The summed E-state index contributed by atoms with van der Waals surface area (Å²) in [6.45, 7) is 2.40. The third kappa shape index (κ3) is 14.6. The van der Waals surface area contributed by atoms with Gasteiger partial charge in [0.1, 0.15) is 51.6 Å². The van der Waals surface area contributed by atoms with Gasteiger partial charge in [-0.2, -0.15) is 58.6 Å². The van der Waals surface area contributed by atoms with Gasteiger partial charge in [0.2, 0.25) is 27.1 Å². The summed E-state index contributed by atoms with van der Waals surface area (Å²) in [6.07, 6.45) is 14.6. The molecule has 0 atom stereocenters. The Bertz CT molecular complexity index is 3950. The maximum atomic E-state index is 13.1. The summed E-state index contributed by atoms with van der Waals surface area (Å²) in [4.78, 5) is 60.4. The second-order valence-corrected chi connectivity index (χ2v) is 18.1. The average Bonchev–Trinajstić information content (AvgIpc) is 4.54. The Hall–Kier alpha value is -10.9. The molecule has 430 valence electrons. The van der Waals surface area contributed by atoms with E-state index >= 15 is 0 Å². The van der Waals surface area contributed by atoms with E-state index in [0.29, 0.717) is 113 Å². The Kier molecular flexibility index (Phi) is 17.7. The van der Waals surface area contributed by atoms with Gasteiger partial charge in [-0.3, -0.25) is 0 Å². The number of imidazole rings is 1. The molecule has 1 aliphatic heterocycles. The highest BCUT2D eigenvalue weighted by Crippen LogP contribution is 2.28. The van der Waals surface area contributed by atoms with Crippen LogP contribution in [0.4, 0.5) is 43.7 Å². The van der Waals surface area contributed by atoms with Gasteiger partial charge in [0.15, 0.2) is 47.2 Å². The van der Waals surface area contributed by atoms with Crippen molar-refractivity contribution in [1.82, 2.24) is 74.8 Å². The van der Waals surface area contributed by atoms with Crippen LogP contribution >= 0.6 is 34.8 Å². The monoisotopic (exact) mass is 1210 g/mol. The van der Waals surface area contributed by atoms with E-state index in [1.807, 2.05) is 54.6 Å². The molecule has 7 N–H and O–H groups in total. The lowest BCUT2D eigenvalue weighted by atomic mass is 10.2. The summed E-state index contributed by atoms with van der Waals surface area (Å²) in [7, 11) is 0. The first-order valence-electron chi connectivity index (χ1n) is 24.9. The van der Waals surface area contributed by atoms with Crippen LogP contribution in [0.15, 0.2) is 159 Å². The molecule has 0 saturated heterocycles. The summed E-state index contributed by atoms with van der Waals surface area (Å²) in [5, 5.41) is 16.6. The summed E-state index contributed by atoms with van der Waals surface area (Å²) in [6, 6.07) is 20.2. The Balaban J connectivity index is 0.000000111. The van der Waals surface area contributed by atoms with E-state index in [4.69, 9.17) is 65.7 Å². The zero-order valence-electron chi connectivity index (χ0n) is 43.4. The van der Waals surface area contributed by atoms with Crippen molar-refractivity contribution in [2.75, 3.05) is 26.6 Å². The lowest BCUT2D eigenvalue weighted by molar-refractivity contribution is 0.515. The third-order valence-corrected chi connectivity index (χ3v) is 12.0. The van der Waals surface area contributed by atoms with Gasteiger partial charge in [0.25, 0.3) is 5.71 Å². The van der Waals surface area contributed by atoms with Crippen molar-refractivity contribution in [2.24, 2.45) is 4.99 Å². The molecule has 85 heavy (non-hydrogen) atoms. The molecule has 1 aliphatic rings. The van der Waals surface area contributed by atoms with Crippen molar-refractivity contribution in [3.05, 3.63) is 186 Å². The predicted molar refractivity (Wildman–Crippen MR) is 304 cm³/mol. The second-order valence-electron chi connectivity index (χ2n) is 17.0. The van der Waals surface area contributed by atoms with E-state index in [2.05, 4.69) is 106 Å². The van der Waals surface area contributed by atoms with Crippen molar-refractivity contribution < 1.29 is 39.7 Å². The number of aromatic amines is 2. The third-order valence-electron chi connectivity index (χ3n) is 11.5. The predicted octanol–water partition coefficient (Wildman–Crippen LogP) is 11.5. The number of aliphatic imine (C=N–C) groups is 1. The molecule has 0 aliphatic carbocycles. The number of oxazole rings is 2. The van der Waals surface area contributed by atoms with Gasteiger partial charge in [-0.15, -0.1) is 0 Å². The van der Waals surface area contributed by atoms with Crippen LogP contribution in [0, 0.1) is 12.2 Å². The lowest BCUT2D eigenvalue weighted by Gasteiger charge is -2.07. The van der Waals surface area contributed by atoms with Crippen LogP contribution in [-0.2, 0) is 39.1 Å². The number of halogens is 5. The Morgan fingerprint density at radius 2 is 1.00 bits per heavy atom. The number of furan rings is 5. The number of nitrogens with zero attached hydrogens (tertiary/aromatic N) is 14. The van der Waals surface area contributed by atoms with Crippen molar-refractivity contribution >= 4 is 121 Å². The largest absolute Gasteiger partial charge is 0.467 e. The lowest BCUT2D eigenvalue weighted by Crippen LogP contribution is -2.06. The molecule has 0 aromatic carbocycles. The van der Waals surface area contributed by atoms with Gasteiger partial charge < -0.3 is 67.5 Å². The summed E-state index contributed by atoms with van der Waals surface area (Å²) < 4.78 is 62.4. The molecular weight excluding hydrogens is 1180 g/mol. The number of H-pyrrole nitrogens is 2. The van der Waals surface area contributed by atoms with Crippen LogP contribution in [0.5, 0.6) is 0 Å². The minimum atomic E-state index is -0.813. The highest BCUT2D eigenvalue weighted by molar-refractivity contribution is 6.29. The van der Waals surface area contributed by atoms with Gasteiger partial charge in [-0.1, -0.05) is 0 Å².